The molecule has 0 bridgehead atoms. The largest absolute Gasteiger partial charge is 0.398 e. The van der Waals surface area contributed by atoms with E-state index in [0.29, 0.717) is 0 Å². The summed E-state index contributed by atoms with van der Waals surface area (Å²) in [6.07, 6.45) is 1.09. The maximum Gasteiger partial charge on any atom is 0.0741 e. The van der Waals surface area contributed by atoms with E-state index in [9.17, 15) is 0 Å². The van der Waals surface area contributed by atoms with E-state index in [4.69, 9.17) is 10.5 Å². The minimum absolute atomic E-state index is 0.240. The predicted molar refractivity (Wildman–Crippen MR) is 56.0 cm³/mol. The lowest BCUT2D eigenvalue weighted by Gasteiger charge is -2.23. The van der Waals surface area contributed by atoms with Crippen LogP contribution >= 0.6 is 0 Å². The Bertz CT molecular complexity index is 295. The molecule has 1 atom stereocenters. The Morgan fingerprint density at radius 2 is 2.57 bits per heavy atom. The van der Waals surface area contributed by atoms with E-state index in [1.807, 2.05) is 18.2 Å². The lowest BCUT2D eigenvalue weighted by Crippen LogP contribution is -2.39. The number of nitrogens with two attached hydrogens (primary N) is 1. The summed E-state index contributed by atoms with van der Waals surface area (Å²) in [6.45, 7) is 2.64. The lowest BCUT2D eigenvalue weighted by molar-refractivity contribution is 0.0293. The number of hydrogen-bond acceptors (Lipinski definition) is 3. The van der Waals surface area contributed by atoms with Crippen molar-refractivity contribution in [1.82, 2.24) is 5.32 Å². The Morgan fingerprint density at radius 3 is 3.29 bits per heavy atom. The van der Waals surface area contributed by atoms with E-state index in [0.717, 1.165) is 37.4 Å². The van der Waals surface area contributed by atoms with Crippen LogP contribution in [-0.4, -0.2) is 25.8 Å². The van der Waals surface area contributed by atoms with Crippen molar-refractivity contribution >= 4 is 5.69 Å². The molecule has 1 saturated heterocycles. The fraction of sp³-hybridized carbons (Fsp3) is 0.455. The molecule has 1 heterocycles. The Morgan fingerprint density at radius 1 is 1.64 bits per heavy atom. The van der Waals surface area contributed by atoms with Crippen molar-refractivity contribution < 1.29 is 4.74 Å². The number of rotatable bonds is 2. The van der Waals surface area contributed by atoms with Gasteiger partial charge in [-0.05, 0) is 17.7 Å². The van der Waals surface area contributed by atoms with Crippen LogP contribution in [0.5, 0.6) is 0 Å². The zero-order valence-corrected chi connectivity index (χ0v) is 8.12. The number of anilines is 1. The van der Waals surface area contributed by atoms with Crippen LogP contribution in [0.15, 0.2) is 18.2 Å². The molecule has 1 aromatic rings. The van der Waals surface area contributed by atoms with Gasteiger partial charge in [0.05, 0.1) is 12.7 Å². The zero-order chi connectivity index (χ0) is 9.80. The molecular formula is C11H15N2O. The molecule has 1 radical (unpaired) electrons. The SMILES string of the molecule is Nc1ccc[c]c1CC1CNCCO1. The van der Waals surface area contributed by atoms with Crippen LogP contribution in [0.2, 0.25) is 0 Å². The summed E-state index contributed by atoms with van der Waals surface area (Å²) in [5.74, 6) is 0. The van der Waals surface area contributed by atoms with Gasteiger partial charge in [0, 0.05) is 25.2 Å². The number of nitrogens with one attached hydrogen (secondary N) is 1. The number of nitrogen functional groups attached to an aromatic ring is 1. The fourth-order valence-corrected chi connectivity index (χ4v) is 1.64. The molecule has 3 N–H and O–H groups in total. The van der Waals surface area contributed by atoms with Gasteiger partial charge in [-0.1, -0.05) is 12.1 Å². The third-order valence-electron chi connectivity index (χ3n) is 2.41. The quantitative estimate of drug-likeness (QED) is 0.673. The molecular weight excluding hydrogens is 176 g/mol. The summed E-state index contributed by atoms with van der Waals surface area (Å²) in [7, 11) is 0. The number of hydrogen-bond donors (Lipinski definition) is 2. The van der Waals surface area contributed by atoms with Crippen molar-refractivity contribution in [3.63, 3.8) is 0 Å². The Kier molecular flexibility index (Phi) is 3.01. The number of benzene rings is 1. The highest BCUT2D eigenvalue weighted by Gasteiger charge is 2.14. The van der Waals surface area contributed by atoms with Gasteiger partial charge in [-0.15, -0.1) is 0 Å². The molecule has 0 aliphatic carbocycles. The summed E-state index contributed by atoms with van der Waals surface area (Å²) in [5, 5.41) is 3.29. The lowest BCUT2D eigenvalue weighted by atomic mass is 10.1. The highest BCUT2D eigenvalue weighted by atomic mass is 16.5. The maximum atomic E-state index is 5.83. The van der Waals surface area contributed by atoms with Gasteiger partial charge in [-0.2, -0.15) is 0 Å². The first-order valence-electron chi connectivity index (χ1n) is 4.93. The van der Waals surface area contributed by atoms with Crippen LogP contribution in [0.25, 0.3) is 0 Å². The molecule has 1 unspecified atom stereocenters. The van der Waals surface area contributed by atoms with Gasteiger partial charge in [0.25, 0.3) is 0 Å². The van der Waals surface area contributed by atoms with E-state index in [1.165, 1.54) is 0 Å². The van der Waals surface area contributed by atoms with Gasteiger partial charge >= 0.3 is 0 Å². The van der Waals surface area contributed by atoms with Crippen LogP contribution < -0.4 is 11.1 Å². The summed E-state index contributed by atoms with van der Waals surface area (Å²) >= 11 is 0. The van der Waals surface area contributed by atoms with Crippen LogP contribution in [0.4, 0.5) is 5.69 Å². The molecule has 3 heteroatoms. The molecule has 0 aromatic heterocycles. The highest BCUT2D eigenvalue weighted by Crippen LogP contribution is 2.14. The van der Waals surface area contributed by atoms with Crippen molar-refractivity contribution in [2.45, 2.75) is 12.5 Å². The Balaban J connectivity index is 1.99. The van der Waals surface area contributed by atoms with E-state index >= 15 is 0 Å². The van der Waals surface area contributed by atoms with Crippen molar-refractivity contribution in [3.05, 3.63) is 29.8 Å². The molecule has 1 aliphatic heterocycles. The molecule has 75 valence electrons. The van der Waals surface area contributed by atoms with E-state index in [1.54, 1.807) is 0 Å². The first-order valence-corrected chi connectivity index (χ1v) is 4.93. The highest BCUT2D eigenvalue weighted by molar-refractivity contribution is 5.45. The molecule has 1 fully saturated rings. The second kappa shape index (κ2) is 4.44. The molecule has 0 spiro atoms. The van der Waals surface area contributed by atoms with Gasteiger partial charge in [-0.3, -0.25) is 0 Å². The fourth-order valence-electron chi connectivity index (χ4n) is 1.64. The molecule has 1 aliphatic rings. The van der Waals surface area contributed by atoms with Crippen molar-refractivity contribution in [2.75, 3.05) is 25.4 Å². The number of morpholine rings is 1. The van der Waals surface area contributed by atoms with Gasteiger partial charge in [-0.25, -0.2) is 0 Å². The third kappa shape index (κ3) is 2.25. The van der Waals surface area contributed by atoms with Gasteiger partial charge < -0.3 is 15.8 Å². The average Bonchev–Trinajstić information content (AvgIpc) is 2.23. The number of ether oxygens (including phenoxy) is 1. The topological polar surface area (TPSA) is 47.3 Å². The molecule has 1 aromatic carbocycles. The normalized spacial score (nSPS) is 22.1. The van der Waals surface area contributed by atoms with E-state index in [2.05, 4.69) is 11.4 Å². The third-order valence-corrected chi connectivity index (χ3v) is 2.41. The summed E-state index contributed by atoms with van der Waals surface area (Å²) < 4.78 is 5.60. The summed E-state index contributed by atoms with van der Waals surface area (Å²) in [5.41, 5.74) is 7.69. The molecule has 3 nitrogen and oxygen atoms in total. The first kappa shape index (κ1) is 9.49. The van der Waals surface area contributed by atoms with Crippen LogP contribution in [0, 0.1) is 6.07 Å². The first-order chi connectivity index (χ1) is 6.86. The molecule has 14 heavy (non-hydrogen) atoms. The van der Waals surface area contributed by atoms with Gasteiger partial charge in [0.2, 0.25) is 0 Å². The zero-order valence-electron chi connectivity index (χ0n) is 8.12. The van der Waals surface area contributed by atoms with Crippen molar-refractivity contribution in [3.8, 4) is 0 Å². The second-order valence-corrected chi connectivity index (χ2v) is 3.51. The average molecular weight is 191 g/mol. The van der Waals surface area contributed by atoms with Crippen LogP contribution in [-0.2, 0) is 11.2 Å². The van der Waals surface area contributed by atoms with E-state index < -0.39 is 0 Å². The summed E-state index contributed by atoms with van der Waals surface area (Å²) in [4.78, 5) is 0. The van der Waals surface area contributed by atoms with E-state index in [-0.39, 0.29) is 6.10 Å². The van der Waals surface area contributed by atoms with Gasteiger partial charge in [0.15, 0.2) is 0 Å². The smallest absolute Gasteiger partial charge is 0.0741 e. The van der Waals surface area contributed by atoms with Gasteiger partial charge in [0.1, 0.15) is 0 Å². The molecule has 2 rings (SSSR count). The van der Waals surface area contributed by atoms with Crippen LogP contribution in [0.1, 0.15) is 5.56 Å². The minimum atomic E-state index is 0.240. The van der Waals surface area contributed by atoms with Crippen LogP contribution in [0.3, 0.4) is 0 Å². The maximum absolute atomic E-state index is 5.83. The molecule has 0 amide bonds. The minimum Gasteiger partial charge on any atom is -0.398 e. The second-order valence-electron chi connectivity index (χ2n) is 3.51. The molecule has 0 saturated carbocycles. The monoisotopic (exact) mass is 191 g/mol. The predicted octanol–water partition coefficient (Wildman–Crippen LogP) is 0.600. The Labute approximate surface area is 84.3 Å². The van der Waals surface area contributed by atoms with Crippen molar-refractivity contribution in [2.24, 2.45) is 0 Å². The standard InChI is InChI=1S/C11H15N2O/c12-11-4-2-1-3-9(11)7-10-8-13-5-6-14-10/h1-2,4,10,13H,5-8,12H2. The van der Waals surface area contributed by atoms with Crippen molar-refractivity contribution in [1.29, 1.82) is 0 Å². The summed E-state index contributed by atoms with van der Waals surface area (Å²) in [6, 6.07) is 8.85. The Hall–Kier alpha value is -1.06.